The van der Waals surface area contributed by atoms with Gasteiger partial charge in [-0.05, 0) is 79.8 Å². The fraction of sp³-hybridized carbons (Fsp3) is 0.355. The number of aromatic nitrogens is 2. The Labute approximate surface area is 244 Å². The summed E-state index contributed by atoms with van der Waals surface area (Å²) in [6, 6.07) is 15.8. The molecule has 6 nitrogen and oxygen atoms in total. The van der Waals surface area contributed by atoms with Gasteiger partial charge in [0.15, 0.2) is 0 Å². The molecule has 204 valence electrons. The standard InChI is InChI=1S/C31H32N4O2.2H2S/c36-30-25-11-1-2-12-26(25)31(37)35(30)19-4-3-18-34(28-13-5-8-24-10-7-17-33-29(24)28)21-22-14-15-23-9-6-16-32-27(23)20-22;;/h1-4,6-7,9-12,16-17,22,28H,5,8,13-15,18-21H2;2*1H2/b4-3-;;/t22-,28-;;/m0../s1. The van der Waals surface area contributed by atoms with E-state index < -0.39 is 0 Å². The molecule has 1 aliphatic heterocycles. The Morgan fingerprint density at radius 1 is 0.846 bits per heavy atom. The predicted molar refractivity (Wildman–Crippen MR) is 163 cm³/mol. The van der Waals surface area contributed by atoms with E-state index in [1.54, 1.807) is 24.3 Å². The molecule has 0 fully saturated rings. The molecule has 0 N–H and O–H groups in total. The summed E-state index contributed by atoms with van der Waals surface area (Å²) < 4.78 is 0. The average molecular weight is 561 g/mol. The van der Waals surface area contributed by atoms with E-state index in [2.05, 4.69) is 28.1 Å². The summed E-state index contributed by atoms with van der Waals surface area (Å²) in [5, 5.41) is 0. The van der Waals surface area contributed by atoms with Crippen LogP contribution in [0.5, 0.6) is 0 Å². The fourth-order valence-corrected chi connectivity index (χ4v) is 6.17. The molecule has 2 aliphatic carbocycles. The number of aryl methyl sites for hydroxylation is 2. The summed E-state index contributed by atoms with van der Waals surface area (Å²) in [6.45, 7) is 2.03. The summed E-state index contributed by atoms with van der Waals surface area (Å²) >= 11 is 0. The first-order valence-electron chi connectivity index (χ1n) is 13.4. The van der Waals surface area contributed by atoms with E-state index in [4.69, 9.17) is 4.98 Å². The van der Waals surface area contributed by atoms with E-state index in [0.29, 0.717) is 23.6 Å². The van der Waals surface area contributed by atoms with Crippen LogP contribution >= 0.6 is 27.0 Å². The highest BCUT2D eigenvalue weighted by atomic mass is 32.1. The first-order valence-corrected chi connectivity index (χ1v) is 13.4. The van der Waals surface area contributed by atoms with Crippen molar-refractivity contribution in [1.82, 2.24) is 19.8 Å². The zero-order valence-corrected chi connectivity index (χ0v) is 24.1. The molecular formula is C31H36N4O2S2. The van der Waals surface area contributed by atoms with Gasteiger partial charge in [-0.2, -0.15) is 27.0 Å². The molecule has 3 aromatic rings. The van der Waals surface area contributed by atoms with E-state index in [-0.39, 0.29) is 44.8 Å². The molecule has 2 aromatic heterocycles. The molecule has 0 saturated heterocycles. The number of hydrogen-bond acceptors (Lipinski definition) is 5. The molecular weight excluding hydrogens is 525 g/mol. The normalized spacial score (nSPS) is 19.8. The third kappa shape index (κ3) is 5.98. The maximum Gasteiger partial charge on any atom is 0.261 e. The van der Waals surface area contributed by atoms with Gasteiger partial charge in [0.25, 0.3) is 11.8 Å². The van der Waals surface area contributed by atoms with Gasteiger partial charge in [-0.3, -0.25) is 29.4 Å². The lowest BCUT2D eigenvalue weighted by Crippen LogP contribution is -2.37. The van der Waals surface area contributed by atoms with Crippen LogP contribution in [0.3, 0.4) is 0 Å². The molecule has 39 heavy (non-hydrogen) atoms. The Balaban J connectivity index is 0.00000176. The van der Waals surface area contributed by atoms with E-state index in [9.17, 15) is 9.59 Å². The topological polar surface area (TPSA) is 66.4 Å². The molecule has 0 spiro atoms. The largest absolute Gasteiger partial charge is 0.291 e. The van der Waals surface area contributed by atoms with Crippen LogP contribution < -0.4 is 0 Å². The van der Waals surface area contributed by atoms with Crippen molar-refractivity contribution in [2.75, 3.05) is 19.6 Å². The van der Waals surface area contributed by atoms with Gasteiger partial charge in [0.1, 0.15) is 0 Å². The van der Waals surface area contributed by atoms with Gasteiger partial charge in [-0.1, -0.05) is 36.4 Å². The van der Waals surface area contributed by atoms with E-state index in [1.165, 1.54) is 27.4 Å². The summed E-state index contributed by atoms with van der Waals surface area (Å²) in [7, 11) is 0. The first kappa shape index (κ1) is 29.1. The predicted octanol–water partition coefficient (Wildman–Crippen LogP) is 5.04. The summed E-state index contributed by atoms with van der Waals surface area (Å²) in [4.78, 5) is 38.8. The lowest BCUT2D eigenvalue weighted by atomic mass is 9.85. The second kappa shape index (κ2) is 12.9. The smallest absolute Gasteiger partial charge is 0.261 e. The van der Waals surface area contributed by atoms with Crippen molar-refractivity contribution < 1.29 is 9.59 Å². The minimum atomic E-state index is -0.208. The van der Waals surface area contributed by atoms with Gasteiger partial charge < -0.3 is 0 Å². The van der Waals surface area contributed by atoms with Gasteiger partial charge >= 0.3 is 0 Å². The van der Waals surface area contributed by atoms with Crippen molar-refractivity contribution in [2.45, 2.75) is 44.6 Å². The van der Waals surface area contributed by atoms with Gasteiger partial charge in [0.05, 0.1) is 22.9 Å². The highest BCUT2D eigenvalue weighted by Crippen LogP contribution is 2.35. The Morgan fingerprint density at radius 2 is 1.56 bits per heavy atom. The van der Waals surface area contributed by atoms with Crippen LogP contribution in [0.1, 0.15) is 68.5 Å². The molecule has 3 aliphatic rings. The van der Waals surface area contributed by atoms with Crippen molar-refractivity contribution in [2.24, 2.45) is 5.92 Å². The molecule has 2 amide bonds. The van der Waals surface area contributed by atoms with Crippen LogP contribution in [0.25, 0.3) is 0 Å². The molecule has 3 heterocycles. The lowest BCUT2D eigenvalue weighted by Gasteiger charge is -2.37. The van der Waals surface area contributed by atoms with E-state index in [0.717, 1.165) is 51.6 Å². The van der Waals surface area contributed by atoms with E-state index >= 15 is 0 Å². The summed E-state index contributed by atoms with van der Waals surface area (Å²) in [5.74, 6) is 0.128. The minimum Gasteiger partial charge on any atom is -0.291 e. The zero-order valence-electron chi connectivity index (χ0n) is 22.1. The van der Waals surface area contributed by atoms with Crippen LogP contribution in [0.2, 0.25) is 0 Å². The fourth-order valence-electron chi connectivity index (χ4n) is 6.17. The van der Waals surface area contributed by atoms with Crippen molar-refractivity contribution >= 4 is 38.8 Å². The number of amides is 2. The number of fused-ring (bicyclic) bond motifs is 3. The molecule has 8 heteroatoms. The maximum atomic E-state index is 12.7. The number of rotatable bonds is 7. The van der Waals surface area contributed by atoms with Crippen molar-refractivity contribution in [3.8, 4) is 0 Å². The lowest BCUT2D eigenvalue weighted by molar-refractivity contribution is 0.0671. The molecule has 2 atom stereocenters. The number of hydrogen-bond donors (Lipinski definition) is 0. The van der Waals surface area contributed by atoms with Gasteiger partial charge in [-0.15, -0.1) is 0 Å². The Morgan fingerprint density at radius 3 is 2.33 bits per heavy atom. The number of carbonyl (C=O) groups is 2. The number of pyridine rings is 2. The second-order valence-electron chi connectivity index (χ2n) is 10.4. The number of nitrogens with zero attached hydrogens (tertiary/aromatic N) is 4. The second-order valence-corrected chi connectivity index (χ2v) is 10.4. The maximum absolute atomic E-state index is 12.7. The quantitative estimate of drug-likeness (QED) is 0.299. The zero-order chi connectivity index (χ0) is 25.2. The number of imide groups is 1. The minimum absolute atomic E-state index is 0. The van der Waals surface area contributed by atoms with Crippen molar-refractivity contribution in [1.29, 1.82) is 0 Å². The molecule has 1 aromatic carbocycles. The van der Waals surface area contributed by atoms with Crippen LogP contribution in [-0.2, 0) is 19.3 Å². The Kier molecular flexibility index (Phi) is 9.64. The van der Waals surface area contributed by atoms with Crippen molar-refractivity contribution in [3.05, 3.63) is 107 Å². The SMILES string of the molecule is O=C1c2ccccc2C(=O)N1C/C=C\CN(C[C@H]1CCc2cccnc2C1)[C@H]1CCCc2cccnc21.S.S. The van der Waals surface area contributed by atoms with Crippen LogP contribution in [-0.4, -0.2) is 51.2 Å². The Bertz CT molecular complexity index is 1330. The van der Waals surface area contributed by atoms with Gasteiger partial charge in [0.2, 0.25) is 0 Å². The molecule has 6 rings (SSSR count). The third-order valence-corrected chi connectivity index (χ3v) is 8.06. The number of benzene rings is 1. The highest BCUT2D eigenvalue weighted by molar-refractivity contribution is 7.59. The highest BCUT2D eigenvalue weighted by Gasteiger charge is 2.34. The molecule has 0 radical (unpaired) electrons. The van der Waals surface area contributed by atoms with E-state index in [1.807, 2.05) is 30.6 Å². The molecule has 0 saturated carbocycles. The van der Waals surface area contributed by atoms with Crippen LogP contribution in [0.4, 0.5) is 0 Å². The molecule has 0 unspecified atom stereocenters. The Hall–Kier alpha value is -2.94. The first-order chi connectivity index (χ1) is 18.2. The monoisotopic (exact) mass is 560 g/mol. The average Bonchev–Trinajstić information content (AvgIpc) is 3.19. The third-order valence-electron chi connectivity index (χ3n) is 8.06. The van der Waals surface area contributed by atoms with Crippen molar-refractivity contribution in [3.63, 3.8) is 0 Å². The van der Waals surface area contributed by atoms with Crippen LogP contribution in [0.15, 0.2) is 73.1 Å². The van der Waals surface area contributed by atoms with Crippen LogP contribution in [0, 0.1) is 5.92 Å². The summed E-state index contributed by atoms with van der Waals surface area (Å²) in [5.41, 5.74) is 6.18. The molecule has 0 bridgehead atoms. The van der Waals surface area contributed by atoms with Gasteiger partial charge in [0, 0.05) is 37.7 Å². The van der Waals surface area contributed by atoms with Gasteiger partial charge in [-0.25, -0.2) is 0 Å². The number of carbonyl (C=O) groups excluding carboxylic acids is 2. The summed E-state index contributed by atoms with van der Waals surface area (Å²) in [6.07, 6.45) is 14.5.